The Kier molecular flexibility index (Phi) is 4.72. The molecule has 0 bridgehead atoms. The van der Waals surface area contributed by atoms with Crippen LogP contribution in [0.3, 0.4) is 0 Å². The fourth-order valence-corrected chi connectivity index (χ4v) is 3.55. The number of oxazole rings is 1. The van der Waals surface area contributed by atoms with Crippen LogP contribution in [0.25, 0.3) is 11.5 Å². The highest BCUT2D eigenvalue weighted by molar-refractivity contribution is 6.34. The molecule has 0 unspecified atom stereocenters. The van der Waals surface area contributed by atoms with Crippen molar-refractivity contribution in [2.24, 2.45) is 0 Å². The number of anilines is 1. The minimum atomic E-state index is -0.113. The van der Waals surface area contributed by atoms with E-state index in [1.54, 1.807) is 23.3 Å². The molecular formula is C21H20ClN3O2. The molecule has 2 heterocycles. The minimum absolute atomic E-state index is 0.113. The topological polar surface area (TPSA) is 58.4 Å². The predicted octanol–water partition coefficient (Wildman–Crippen LogP) is 4.44. The fourth-order valence-electron chi connectivity index (χ4n) is 3.29. The smallest absolute Gasteiger partial charge is 0.259 e. The number of halogens is 1. The van der Waals surface area contributed by atoms with Gasteiger partial charge in [-0.25, -0.2) is 4.98 Å². The summed E-state index contributed by atoms with van der Waals surface area (Å²) in [5.74, 6) is 0.379. The molecule has 1 aliphatic rings. The van der Waals surface area contributed by atoms with Crippen molar-refractivity contribution in [1.82, 2.24) is 10.3 Å². The van der Waals surface area contributed by atoms with Gasteiger partial charge in [-0.05, 0) is 43.7 Å². The largest absolute Gasteiger partial charge is 0.444 e. The maximum atomic E-state index is 13.3. The number of fused-ring (bicyclic) bond motifs is 1. The number of carbonyl (C=O) groups is 1. The van der Waals surface area contributed by atoms with Crippen LogP contribution in [0.4, 0.5) is 5.69 Å². The van der Waals surface area contributed by atoms with E-state index in [2.05, 4.69) is 17.2 Å². The second kappa shape index (κ2) is 7.18. The highest BCUT2D eigenvalue weighted by Gasteiger charge is 2.26. The van der Waals surface area contributed by atoms with Crippen molar-refractivity contribution in [3.63, 3.8) is 0 Å². The molecule has 5 nitrogen and oxygen atoms in total. The number of nitrogens with one attached hydrogen (secondary N) is 1. The van der Waals surface area contributed by atoms with Gasteiger partial charge in [0.05, 0.1) is 16.3 Å². The number of aryl methyl sites for hydroxylation is 1. The normalized spacial score (nSPS) is 16.7. The van der Waals surface area contributed by atoms with Crippen molar-refractivity contribution in [3.05, 3.63) is 70.6 Å². The zero-order valence-corrected chi connectivity index (χ0v) is 16.0. The van der Waals surface area contributed by atoms with Crippen LogP contribution >= 0.6 is 11.6 Å². The molecule has 1 aliphatic heterocycles. The fraction of sp³-hybridized carbons (Fsp3) is 0.238. The molecule has 4 rings (SSSR count). The quantitative estimate of drug-likeness (QED) is 0.712. The molecular weight excluding hydrogens is 362 g/mol. The first kappa shape index (κ1) is 17.8. The first-order valence-corrected chi connectivity index (χ1v) is 9.26. The van der Waals surface area contributed by atoms with Crippen molar-refractivity contribution >= 4 is 23.2 Å². The zero-order valence-electron chi connectivity index (χ0n) is 15.2. The molecule has 1 amide bonds. The number of nitrogens with zero attached hydrogens (tertiary/aromatic N) is 2. The van der Waals surface area contributed by atoms with Crippen LogP contribution in [-0.4, -0.2) is 23.5 Å². The molecule has 6 heteroatoms. The van der Waals surface area contributed by atoms with Gasteiger partial charge in [-0.1, -0.05) is 29.8 Å². The summed E-state index contributed by atoms with van der Waals surface area (Å²) in [4.78, 5) is 19.4. The molecule has 2 aromatic carbocycles. The number of para-hydroxylation sites is 1. The van der Waals surface area contributed by atoms with Gasteiger partial charge < -0.3 is 14.6 Å². The number of rotatable bonds is 2. The van der Waals surface area contributed by atoms with Gasteiger partial charge in [0.1, 0.15) is 6.26 Å². The van der Waals surface area contributed by atoms with E-state index in [1.807, 2.05) is 37.3 Å². The maximum Gasteiger partial charge on any atom is 0.259 e. The van der Waals surface area contributed by atoms with Crippen LogP contribution < -0.4 is 10.2 Å². The minimum Gasteiger partial charge on any atom is -0.444 e. The Labute approximate surface area is 163 Å². The number of aromatic nitrogens is 1. The third-order valence-corrected chi connectivity index (χ3v) is 5.00. The van der Waals surface area contributed by atoms with Crippen molar-refractivity contribution in [2.75, 3.05) is 11.4 Å². The van der Waals surface area contributed by atoms with Gasteiger partial charge in [0.2, 0.25) is 5.89 Å². The summed E-state index contributed by atoms with van der Waals surface area (Å²) in [6.07, 6.45) is 1.59. The molecule has 0 radical (unpaired) electrons. The Morgan fingerprint density at radius 3 is 2.85 bits per heavy atom. The molecule has 0 saturated carbocycles. The van der Waals surface area contributed by atoms with E-state index in [4.69, 9.17) is 16.0 Å². The summed E-state index contributed by atoms with van der Waals surface area (Å²) in [7, 11) is 0. The van der Waals surface area contributed by atoms with Crippen LogP contribution in [0.15, 0.2) is 53.1 Å². The number of carbonyl (C=O) groups excluding carboxylic acids is 1. The molecule has 138 valence electrons. The lowest BCUT2D eigenvalue weighted by atomic mass is 10.1. The third kappa shape index (κ3) is 3.48. The van der Waals surface area contributed by atoms with E-state index in [9.17, 15) is 4.79 Å². The van der Waals surface area contributed by atoms with Gasteiger partial charge in [-0.15, -0.1) is 0 Å². The van der Waals surface area contributed by atoms with E-state index >= 15 is 0 Å². The van der Waals surface area contributed by atoms with E-state index in [0.29, 0.717) is 23.0 Å². The van der Waals surface area contributed by atoms with E-state index in [-0.39, 0.29) is 11.9 Å². The second-order valence-corrected chi connectivity index (χ2v) is 7.22. The Balaban J connectivity index is 1.70. The van der Waals surface area contributed by atoms with Gasteiger partial charge in [0, 0.05) is 30.4 Å². The molecule has 0 fully saturated rings. The second-order valence-electron chi connectivity index (χ2n) is 6.82. The first-order chi connectivity index (χ1) is 13.0. The van der Waals surface area contributed by atoms with Gasteiger partial charge in [-0.2, -0.15) is 0 Å². The third-order valence-electron chi connectivity index (χ3n) is 4.69. The van der Waals surface area contributed by atoms with Crippen molar-refractivity contribution in [2.45, 2.75) is 26.4 Å². The van der Waals surface area contributed by atoms with Crippen LogP contribution in [0.2, 0.25) is 5.02 Å². The lowest BCUT2D eigenvalue weighted by molar-refractivity contribution is 0.0985. The predicted molar refractivity (Wildman–Crippen MR) is 106 cm³/mol. The Hall–Kier alpha value is -2.63. The summed E-state index contributed by atoms with van der Waals surface area (Å²) in [5.41, 5.74) is 4.02. The average Bonchev–Trinajstić information content (AvgIpc) is 3.03. The molecule has 3 aromatic rings. The van der Waals surface area contributed by atoms with Crippen molar-refractivity contribution in [3.8, 4) is 11.5 Å². The standard InChI is InChI=1S/C21H20ClN3O2/c1-13-11-25(19-6-4-3-5-16(19)10-23-13)21(26)17-8-7-15(9-18(17)22)20-24-14(2)12-27-20/h3-9,12-13,23H,10-11H2,1-2H3/t13-/m1/s1. The molecule has 1 atom stereocenters. The Morgan fingerprint density at radius 1 is 1.30 bits per heavy atom. The zero-order chi connectivity index (χ0) is 19.0. The van der Waals surface area contributed by atoms with Crippen molar-refractivity contribution < 1.29 is 9.21 Å². The molecule has 0 spiro atoms. The lowest BCUT2D eigenvalue weighted by Gasteiger charge is -2.25. The Morgan fingerprint density at radius 2 is 2.11 bits per heavy atom. The van der Waals surface area contributed by atoms with Gasteiger partial charge in [-0.3, -0.25) is 4.79 Å². The lowest BCUT2D eigenvalue weighted by Crippen LogP contribution is -2.39. The van der Waals surface area contributed by atoms with Gasteiger partial charge in [0.25, 0.3) is 5.91 Å². The monoisotopic (exact) mass is 381 g/mol. The Bertz CT molecular complexity index is 999. The van der Waals surface area contributed by atoms with E-state index in [0.717, 1.165) is 29.1 Å². The number of hydrogen-bond acceptors (Lipinski definition) is 4. The van der Waals surface area contributed by atoms with Crippen molar-refractivity contribution in [1.29, 1.82) is 0 Å². The molecule has 1 aromatic heterocycles. The van der Waals surface area contributed by atoms with Gasteiger partial charge in [0.15, 0.2) is 0 Å². The number of benzene rings is 2. The molecule has 1 N–H and O–H groups in total. The highest BCUT2D eigenvalue weighted by atomic mass is 35.5. The van der Waals surface area contributed by atoms with E-state index < -0.39 is 0 Å². The van der Waals surface area contributed by atoms with E-state index in [1.165, 1.54) is 0 Å². The summed E-state index contributed by atoms with van der Waals surface area (Å²) in [6, 6.07) is 13.4. The van der Waals surface area contributed by atoms with Crippen LogP contribution in [0.1, 0.15) is 28.5 Å². The first-order valence-electron chi connectivity index (χ1n) is 8.88. The number of hydrogen-bond donors (Lipinski definition) is 1. The van der Waals surface area contributed by atoms with Crippen LogP contribution in [-0.2, 0) is 6.54 Å². The summed E-state index contributed by atoms with van der Waals surface area (Å²) in [5, 5.41) is 3.82. The summed E-state index contributed by atoms with van der Waals surface area (Å²) in [6.45, 7) is 5.24. The summed E-state index contributed by atoms with van der Waals surface area (Å²) >= 11 is 6.47. The molecule has 27 heavy (non-hydrogen) atoms. The van der Waals surface area contributed by atoms with Gasteiger partial charge >= 0.3 is 0 Å². The molecule has 0 aliphatic carbocycles. The highest BCUT2D eigenvalue weighted by Crippen LogP contribution is 2.30. The maximum absolute atomic E-state index is 13.3. The summed E-state index contributed by atoms with van der Waals surface area (Å²) < 4.78 is 5.43. The molecule has 0 saturated heterocycles. The average molecular weight is 382 g/mol. The SMILES string of the molecule is Cc1coc(-c2ccc(C(=O)N3C[C@@H](C)NCc4ccccc43)c(Cl)c2)n1. The van der Waals surface area contributed by atoms with Crippen LogP contribution in [0, 0.1) is 6.92 Å². The number of amides is 1. The van der Waals surface area contributed by atoms with Crippen LogP contribution in [0.5, 0.6) is 0 Å².